The lowest BCUT2D eigenvalue weighted by molar-refractivity contribution is 0.228. The van der Waals surface area contributed by atoms with Gasteiger partial charge in [0.1, 0.15) is 5.75 Å². The highest BCUT2D eigenvalue weighted by Gasteiger charge is 2.21. The molecule has 4 nitrogen and oxygen atoms in total. The van der Waals surface area contributed by atoms with E-state index in [9.17, 15) is 9.46 Å². The van der Waals surface area contributed by atoms with Crippen molar-refractivity contribution < 1.29 is 18.7 Å². The Hall–Kier alpha value is -1.61. The maximum absolute atomic E-state index is 11.9. The second kappa shape index (κ2) is 7.25. The van der Waals surface area contributed by atoms with E-state index in [1.165, 1.54) is 0 Å². The average molecular weight is 292 g/mol. The molecule has 0 aliphatic heterocycles. The molecule has 0 aliphatic rings. The summed E-state index contributed by atoms with van der Waals surface area (Å²) in [5.74, 6) is 0.780. The van der Waals surface area contributed by atoms with Crippen molar-refractivity contribution in [2.24, 2.45) is 0 Å². The minimum atomic E-state index is -3.71. The van der Waals surface area contributed by atoms with Crippen LogP contribution in [-0.4, -0.2) is 18.1 Å². The number of benzene rings is 2. The van der Waals surface area contributed by atoms with E-state index < -0.39 is 7.60 Å². The zero-order valence-electron chi connectivity index (χ0n) is 11.0. The number of hydrogen-bond acceptors (Lipinski definition) is 3. The molecular formula is C15H17O4P. The van der Waals surface area contributed by atoms with Crippen LogP contribution in [0.4, 0.5) is 0 Å². The molecule has 0 bridgehead atoms. The first-order chi connectivity index (χ1) is 9.68. The molecule has 2 aromatic rings. The molecule has 2 rings (SSSR count). The molecule has 1 atom stereocenters. The first-order valence-electron chi connectivity index (χ1n) is 6.39. The summed E-state index contributed by atoms with van der Waals surface area (Å²) in [6.45, 7) is 0.619. The van der Waals surface area contributed by atoms with Gasteiger partial charge in [0.05, 0.1) is 18.5 Å². The summed E-state index contributed by atoms with van der Waals surface area (Å²) in [6.07, 6.45) is 0.548. The van der Waals surface area contributed by atoms with Crippen LogP contribution >= 0.6 is 7.60 Å². The van der Waals surface area contributed by atoms with Gasteiger partial charge in [0.25, 0.3) is 0 Å². The van der Waals surface area contributed by atoms with Crippen LogP contribution < -0.4 is 10.0 Å². The van der Waals surface area contributed by atoms with Crippen LogP contribution in [-0.2, 0) is 9.09 Å². The van der Waals surface area contributed by atoms with Crippen molar-refractivity contribution in [1.82, 2.24) is 0 Å². The third kappa shape index (κ3) is 4.49. The molecule has 0 spiro atoms. The maximum Gasteiger partial charge on any atom is 0.358 e. The molecule has 2 aromatic carbocycles. The molecule has 0 amide bonds. The van der Waals surface area contributed by atoms with Gasteiger partial charge >= 0.3 is 7.60 Å². The molecule has 0 aromatic heterocycles. The molecule has 1 unspecified atom stereocenters. The number of hydrogen-bond donors (Lipinski definition) is 1. The summed E-state index contributed by atoms with van der Waals surface area (Å²) >= 11 is 0. The van der Waals surface area contributed by atoms with E-state index in [1.54, 1.807) is 30.3 Å². The number of ether oxygens (including phenoxy) is 1. The van der Waals surface area contributed by atoms with Crippen molar-refractivity contribution in [2.75, 3.05) is 13.2 Å². The van der Waals surface area contributed by atoms with Gasteiger partial charge < -0.3 is 14.2 Å². The minimum Gasteiger partial charge on any atom is -0.494 e. The standard InChI is InChI=1S/C15H17O4P/c16-20(17,15-10-5-2-6-11-15)19-13-7-12-18-14-8-3-1-4-9-14/h1-6,8-11H,7,12-13H2,(H,16,17). The topological polar surface area (TPSA) is 55.8 Å². The van der Waals surface area contributed by atoms with Gasteiger partial charge in [-0.2, -0.15) is 0 Å². The van der Waals surface area contributed by atoms with Gasteiger partial charge in [-0.15, -0.1) is 0 Å². The van der Waals surface area contributed by atoms with Crippen molar-refractivity contribution in [2.45, 2.75) is 6.42 Å². The smallest absolute Gasteiger partial charge is 0.358 e. The largest absolute Gasteiger partial charge is 0.494 e. The fourth-order valence-electron chi connectivity index (χ4n) is 1.64. The predicted molar refractivity (Wildman–Crippen MR) is 78.4 cm³/mol. The van der Waals surface area contributed by atoms with Crippen LogP contribution in [0.25, 0.3) is 0 Å². The van der Waals surface area contributed by atoms with Crippen LogP contribution in [0.3, 0.4) is 0 Å². The second-order valence-corrected chi connectivity index (χ2v) is 6.02. The number of rotatable bonds is 7. The average Bonchev–Trinajstić information content (AvgIpc) is 2.49. The van der Waals surface area contributed by atoms with E-state index in [-0.39, 0.29) is 6.61 Å². The molecule has 0 fully saturated rings. The van der Waals surface area contributed by atoms with Crippen LogP contribution in [0.1, 0.15) is 6.42 Å². The summed E-state index contributed by atoms with van der Waals surface area (Å²) < 4.78 is 22.5. The van der Waals surface area contributed by atoms with Gasteiger partial charge in [-0.1, -0.05) is 36.4 Å². The summed E-state index contributed by atoms with van der Waals surface area (Å²) in [7, 11) is -3.71. The van der Waals surface area contributed by atoms with Crippen molar-refractivity contribution in [1.29, 1.82) is 0 Å². The van der Waals surface area contributed by atoms with E-state index in [4.69, 9.17) is 9.26 Å². The fraction of sp³-hybridized carbons (Fsp3) is 0.200. The van der Waals surface area contributed by atoms with Gasteiger partial charge in [-0.05, 0) is 24.3 Å². The fourth-order valence-corrected chi connectivity index (χ4v) is 2.72. The van der Waals surface area contributed by atoms with Gasteiger partial charge in [0.15, 0.2) is 0 Å². The van der Waals surface area contributed by atoms with Crippen LogP contribution in [0.5, 0.6) is 5.75 Å². The van der Waals surface area contributed by atoms with E-state index in [0.717, 1.165) is 5.75 Å². The summed E-state index contributed by atoms with van der Waals surface area (Å²) in [5, 5.41) is 0.309. The normalized spacial score (nSPS) is 13.7. The summed E-state index contributed by atoms with van der Waals surface area (Å²) in [5.41, 5.74) is 0. The Morgan fingerprint density at radius 3 is 2.15 bits per heavy atom. The third-order valence-electron chi connectivity index (χ3n) is 2.65. The van der Waals surface area contributed by atoms with Crippen molar-refractivity contribution in [3.63, 3.8) is 0 Å². The van der Waals surface area contributed by atoms with Crippen LogP contribution in [0.2, 0.25) is 0 Å². The predicted octanol–water partition coefficient (Wildman–Crippen LogP) is 2.98. The first kappa shape index (κ1) is 14.8. The van der Waals surface area contributed by atoms with Crippen molar-refractivity contribution in [3.8, 4) is 5.75 Å². The SMILES string of the molecule is O=P(O)(OCCCOc1ccccc1)c1ccccc1. The molecular weight excluding hydrogens is 275 g/mol. The van der Waals surface area contributed by atoms with Crippen LogP contribution in [0.15, 0.2) is 60.7 Å². The van der Waals surface area contributed by atoms with Gasteiger partial charge in [0, 0.05) is 6.42 Å². The lowest BCUT2D eigenvalue weighted by atomic mass is 10.3. The van der Waals surface area contributed by atoms with E-state index in [2.05, 4.69) is 0 Å². The zero-order valence-corrected chi connectivity index (χ0v) is 11.9. The lowest BCUT2D eigenvalue weighted by Crippen LogP contribution is -2.09. The van der Waals surface area contributed by atoms with Gasteiger partial charge in [-0.25, -0.2) is 0 Å². The molecule has 106 valence electrons. The van der Waals surface area contributed by atoms with E-state index in [0.29, 0.717) is 18.3 Å². The quantitative estimate of drug-likeness (QED) is 0.629. The molecule has 0 radical (unpaired) electrons. The Balaban J connectivity index is 1.72. The Kier molecular flexibility index (Phi) is 5.36. The van der Waals surface area contributed by atoms with Gasteiger partial charge in [0.2, 0.25) is 0 Å². The Labute approximate surface area is 118 Å². The third-order valence-corrected chi connectivity index (χ3v) is 4.13. The summed E-state index contributed by atoms with van der Waals surface area (Å²) in [6, 6.07) is 17.8. The molecule has 5 heteroatoms. The zero-order chi connectivity index (χ0) is 14.3. The maximum atomic E-state index is 11.9. The molecule has 0 aliphatic carbocycles. The highest BCUT2D eigenvalue weighted by Crippen LogP contribution is 2.40. The Bertz CT molecular complexity index is 557. The highest BCUT2D eigenvalue weighted by molar-refractivity contribution is 7.61. The molecule has 0 saturated carbocycles. The lowest BCUT2D eigenvalue weighted by Gasteiger charge is -2.12. The van der Waals surface area contributed by atoms with E-state index in [1.807, 2.05) is 30.3 Å². The molecule has 0 saturated heterocycles. The van der Waals surface area contributed by atoms with Crippen molar-refractivity contribution >= 4 is 12.9 Å². The second-order valence-electron chi connectivity index (χ2n) is 4.20. The van der Waals surface area contributed by atoms with Crippen molar-refractivity contribution in [3.05, 3.63) is 60.7 Å². The molecule has 1 N–H and O–H groups in total. The van der Waals surface area contributed by atoms with Crippen LogP contribution in [0, 0.1) is 0 Å². The van der Waals surface area contributed by atoms with Gasteiger partial charge in [-0.3, -0.25) is 4.57 Å². The highest BCUT2D eigenvalue weighted by atomic mass is 31.2. The first-order valence-corrected chi connectivity index (χ1v) is 7.97. The molecule has 0 heterocycles. The minimum absolute atomic E-state index is 0.176. The number of para-hydroxylation sites is 1. The Morgan fingerprint density at radius 2 is 1.50 bits per heavy atom. The van der Waals surface area contributed by atoms with E-state index >= 15 is 0 Å². The molecule has 20 heavy (non-hydrogen) atoms. The monoisotopic (exact) mass is 292 g/mol. The Morgan fingerprint density at radius 1 is 0.900 bits per heavy atom. The summed E-state index contributed by atoms with van der Waals surface area (Å²) in [4.78, 5) is 9.79.